The van der Waals surface area contributed by atoms with Gasteiger partial charge in [-0.25, -0.2) is 9.50 Å². The first-order chi connectivity index (χ1) is 16.5. The fourth-order valence-corrected chi connectivity index (χ4v) is 4.11. The molecule has 0 aliphatic carbocycles. The molecule has 4 rings (SSSR count). The molecular weight excluding hydrogens is 526 g/mol. The van der Waals surface area contributed by atoms with Gasteiger partial charge in [0.1, 0.15) is 27.6 Å². The standard InChI is InChI=1S/C23H23BrClN5O4/c1-31-16-7-5-14(18(9-16)33-3)12-29(13-15-6-8-17(32-2)10-19(15)34-4)22-21-26-11-20(24)30(21)28-23(25)27-22/h5-11H,12-13H2,1-4H3. The van der Waals surface area contributed by atoms with Gasteiger partial charge in [0, 0.05) is 36.3 Å². The van der Waals surface area contributed by atoms with Crippen LogP contribution >= 0.6 is 27.5 Å². The van der Waals surface area contributed by atoms with Gasteiger partial charge < -0.3 is 23.8 Å². The molecule has 0 N–H and O–H groups in total. The van der Waals surface area contributed by atoms with Crippen molar-refractivity contribution in [1.29, 1.82) is 0 Å². The van der Waals surface area contributed by atoms with Gasteiger partial charge in [0.25, 0.3) is 0 Å². The first-order valence-corrected chi connectivity index (χ1v) is 11.4. The Labute approximate surface area is 210 Å². The highest BCUT2D eigenvalue weighted by atomic mass is 79.9. The number of imidazole rings is 1. The molecule has 178 valence electrons. The second-order valence-corrected chi connectivity index (χ2v) is 8.38. The summed E-state index contributed by atoms with van der Waals surface area (Å²) in [4.78, 5) is 11.1. The molecule has 2 aromatic heterocycles. The van der Waals surface area contributed by atoms with Crippen LogP contribution in [0.15, 0.2) is 47.2 Å². The molecule has 34 heavy (non-hydrogen) atoms. The summed E-state index contributed by atoms with van der Waals surface area (Å²) in [5.74, 6) is 3.34. The number of anilines is 1. The lowest BCUT2D eigenvalue weighted by Crippen LogP contribution is -2.25. The molecule has 0 atom stereocenters. The molecule has 0 radical (unpaired) electrons. The van der Waals surface area contributed by atoms with Crippen molar-refractivity contribution in [3.05, 3.63) is 63.6 Å². The number of benzene rings is 2. The minimum absolute atomic E-state index is 0.0922. The van der Waals surface area contributed by atoms with Crippen LogP contribution in [0.1, 0.15) is 11.1 Å². The first-order valence-electron chi connectivity index (χ1n) is 10.2. The van der Waals surface area contributed by atoms with E-state index < -0.39 is 0 Å². The minimum atomic E-state index is 0.0922. The maximum absolute atomic E-state index is 6.30. The summed E-state index contributed by atoms with van der Waals surface area (Å²) in [6.07, 6.45) is 1.66. The van der Waals surface area contributed by atoms with E-state index in [1.54, 1.807) is 39.2 Å². The molecule has 2 aromatic carbocycles. The maximum Gasteiger partial charge on any atom is 0.243 e. The second kappa shape index (κ2) is 10.4. The van der Waals surface area contributed by atoms with Crippen LogP contribution < -0.4 is 23.8 Å². The van der Waals surface area contributed by atoms with Gasteiger partial charge in [0.15, 0.2) is 11.5 Å². The molecule has 0 amide bonds. The smallest absolute Gasteiger partial charge is 0.243 e. The molecule has 11 heteroatoms. The lowest BCUT2D eigenvalue weighted by atomic mass is 10.1. The quantitative estimate of drug-likeness (QED) is 0.296. The Hall–Kier alpha value is -3.24. The third-order valence-electron chi connectivity index (χ3n) is 5.29. The van der Waals surface area contributed by atoms with E-state index in [1.807, 2.05) is 41.3 Å². The SMILES string of the molecule is COc1ccc(CN(Cc2ccc(OC)cc2OC)c2nc(Cl)nn3c(Br)cnc23)c(OC)c1. The van der Waals surface area contributed by atoms with Crippen molar-refractivity contribution in [3.8, 4) is 23.0 Å². The number of hydrogen-bond donors (Lipinski definition) is 0. The van der Waals surface area contributed by atoms with Crippen LogP contribution in [0.2, 0.25) is 5.28 Å². The molecule has 0 aliphatic heterocycles. The Bertz CT molecular complexity index is 1260. The van der Waals surface area contributed by atoms with Gasteiger partial charge >= 0.3 is 0 Å². The monoisotopic (exact) mass is 547 g/mol. The molecule has 0 aliphatic rings. The summed E-state index contributed by atoms with van der Waals surface area (Å²) in [5.41, 5.74) is 2.40. The van der Waals surface area contributed by atoms with E-state index in [-0.39, 0.29) is 5.28 Å². The van der Waals surface area contributed by atoms with Crippen LogP contribution in [0.25, 0.3) is 5.65 Å². The Balaban J connectivity index is 1.83. The van der Waals surface area contributed by atoms with Gasteiger partial charge in [-0.05, 0) is 51.8 Å². The summed E-state index contributed by atoms with van der Waals surface area (Å²) in [5, 5.41) is 4.35. The normalized spacial score (nSPS) is 10.9. The van der Waals surface area contributed by atoms with Crippen molar-refractivity contribution in [2.45, 2.75) is 13.1 Å². The largest absolute Gasteiger partial charge is 0.497 e. The van der Waals surface area contributed by atoms with Gasteiger partial charge in [-0.3, -0.25) is 0 Å². The second-order valence-electron chi connectivity index (χ2n) is 7.23. The van der Waals surface area contributed by atoms with Crippen molar-refractivity contribution in [2.75, 3.05) is 33.3 Å². The van der Waals surface area contributed by atoms with Crippen LogP contribution in [0.3, 0.4) is 0 Å². The van der Waals surface area contributed by atoms with Gasteiger partial charge in [-0.1, -0.05) is 0 Å². The van der Waals surface area contributed by atoms with Crippen LogP contribution in [0, 0.1) is 0 Å². The minimum Gasteiger partial charge on any atom is -0.497 e. The molecule has 0 saturated carbocycles. The number of methoxy groups -OCH3 is 4. The Morgan fingerprint density at radius 3 is 1.94 bits per heavy atom. The molecule has 2 heterocycles. The third kappa shape index (κ3) is 4.83. The topological polar surface area (TPSA) is 83.2 Å². The first kappa shape index (κ1) is 23.9. The summed E-state index contributed by atoms with van der Waals surface area (Å²) < 4.78 is 24.2. The summed E-state index contributed by atoms with van der Waals surface area (Å²) in [6, 6.07) is 11.4. The number of halogens is 2. The number of nitrogens with zero attached hydrogens (tertiary/aromatic N) is 5. The van der Waals surface area contributed by atoms with E-state index in [2.05, 4.69) is 31.0 Å². The molecule has 0 fully saturated rings. The van der Waals surface area contributed by atoms with Crippen LogP contribution in [-0.2, 0) is 13.1 Å². The van der Waals surface area contributed by atoms with Gasteiger partial charge in [0.05, 0.1) is 34.6 Å². The Morgan fingerprint density at radius 1 is 0.882 bits per heavy atom. The van der Waals surface area contributed by atoms with E-state index in [0.29, 0.717) is 52.2 Å². The lowest BCUT2D eigenvalue weighted by molar-refractivity contribution is 0.389. The lowest BCUT2D eigenvalue weighted by Gasteiger charge is -2.26. The fraction of sp³-hybridized carbons (Fsp3) is 0.261. The predicted molar refractivity (Wildman–Crippen MR) is 132 cm³/mol. The third-order valence-corrected chi connectivity index (χ3v) is 5.99. The van der Waals surface area contributed by atoms with Crippen molar-refractivity contribution in [3.63, 3.8) is 0 Å². The van der Waals surface area contributed by atoms with Crippen molar-refractivity contribution in [1.82, 2.24) is 19.6 Å². The van der Waals surface area contributed by atoms with E-state index in [0.717, 1.165) is 11.1 Å². The highest BCUT2D eigenvalue weighted by Gasteiger charge is 2.21. The number of hydrogen-bond acceptors (Lipinski definition) is 8. The van der Waals surface area contributed by atoms with Gasteiger partial charge in [-0.2, -0.15) is 4.98 Å². The highest BCUT2D eigenvalue weighted by Crippen LogP contribution is 2.32. The summed E-state index contributed by atoms with van der Waals surface area (Å²) in [6.45, 7) is 0.881. The van der Waals surface area contributed by atoms with E-state index in [1.165, 1.54) is 0 Å². The molecule has 9 nitrogen and oxygen atoms in total. The Morgan fingerprint density at radius 2 is 1.44 bits per heavy atom. The van der Waals surface area contributed by atoms with Crippen molar-refractivity contribution in [2.24, 2.45) is 0 Å². The predicted octanol–water partition coefficient (Wildman–Crippen LogP) is 4.78. The molecular formula is C23H23BrClN5O4. The number of fused-ring (bicyclic) bond motifs is 1. The summed E-state index contributed by atoms with van der Waals surface area (Å²) in [7, 11) is 6.49. The zero-order valence-electron chi connectivity index (χ0n) is 19.1. The van der Waals surface area contributed by atoms with Crippen molar-refractivity contribution >= 4 is 39.0 Å². The molecule has 0 bridgehead atoms. The van der Waals surface area contributed by atoms with E-state index in [9.17, 15) is 0 Å². The fourth-order valence-electron chi connectivity index (χ4n) is 3.61. The number of rotatable bonds is 9. The van der Waals surface area contributed by atoms with E-state index in [4.69, 9.17) is 30.5 Å². The van der Waals surface area contributed by atoms with Gasteiger partial charge in [-0.15, -0.1) is 5.10 Å². The zero-order valence-corrected chi connectivity index (χ0v) is 21.4. The maximum atomic E-state index is 6.30. The average Bonchev–Trinajstić information content (AvgIpc) is 3.23. The summed E-state index contributed by atoms with van der Waals surface area (Å²) >= 11 is 9.76. The Kier molecular flexibility index (Phi) is 7.28. The highest BCUT2D eigenvalue weighted by molar-refractivity contribution is 9.10. The van der Waals surface area contributed by atoms with Crippen LogP contribution in [0.5, 0.6) is 23.0 Å². The average molecular weight is 549 g/mol. The van der Waals surface area contributed by atoms with E-state index >= 15 is 0 Å². The van der Waals surface area contributed by atoms with Gasteiger partial charge in [0.2, 0.25) is 5.28 Å². The van der Waals surface area contributed by atoms with Crippen molar-refractivity contribution < 1.29 is 18.9 Å². The van der Waals surface area contributed by atoms with Crippen LogP contribution in [0.4, 0.5) is 5.82 Å². The van der Waals surface area contributed by atoms with Crippen LogP contribution in [-0.4, -0.2) is 48.0 Å². The molecule has 4 aromatic rings. The number of ether oxygens (including phenoxy) is 4. The zero-order chi connectivity index (χ0) is 24.2. The molecule has 0 spiro atoms. The molecule has 0 saturated heterocycles. The number of aromatic nitrogens is 4. The molecule has 0 unspecified atom stereocenters.